The normalized spacial score (nSPS) is 17.1. The van der Waals surface area contributed by atoms with Crippen LogP contribution in [0.4, 0.5) is 5.82 Å². The van der Waals surface area contributed by atoms with Gasteiger partial charge in [-0.1, -0.05) is 28.4 Å². The van der Waals surface area contributed by atoms with Gasteiger partial charge in [-0.25, -0.2) is 9.97 Å². The van der Waals surface area contributed by atoms with Gasteiger partial charge in [0.1, 0.15) is 5.82 Å². The molecule has 3 aromatic heterocycles. The zero-order valence-electron chi connectivity index (χ0n) is 14.0. The molecule has 27 heavy (non-hydrogen) atoms. The summed E-state index contributed by atoms with van der Waals surface area (Å²) in [5.74, 6) is 1.46. The number of hydrogen-bond donors (Lipinski definition) is 1. The molecule has 1 aliphatic rings. The monoisotopic (exact) mass is 400 g/mol. The molecular formula is C17H14Cl2N8. The number of halogens is 2. The molecule has 8 nitrogen and oxygen atoms in total. The molecule has 0 unspecified atom stereocenters. The predicted octanol–water partition coefficient (Wildman–Crippen LogP) is 3.58. The average Bonchev–Trinajstić information content (AvgIpc) is 3.45. The summed E-state index contributed by atoms with van der Waals surface area (Å²) in [5, 5.41) is 16.4. The quantitative estimate of drug-likeness (QED) is 0.565. The predicted molar refractivity (Wildman–Crippen MR) is 102 cm³/mol. The van der Waals surface area contributed by atoms with Crippen molar-refractivity contribution in [2.45, 2.75) is 18.9 Å². The Morgan fingerprint density at radius 1 is 1.22 bits per heavy atom. The Hall–Kier alpha value is -2.71. The molecule has 10 heteroatoms. The fourth-order valence-electron chi connectivity index (χ4n) is 3.59. The summed E-state index contributed by atoms with van der Waals surface area (Å²) in [6.45, 7) is 0.846. The van der Waals surface area contributed by atoms with E-state index in [0.29, 0.717) is 21.4 Å². The molecular weight excluding hydrogens is 387 g/mol. The van der Waals surface area contributed by atoms with E-state index in [2.05, 4.69) is 30.5 Å². The van der Waals surface area contributed by atoms with Crippen LogP contribution in [0, 0.1) is 0 Å². The van der Waals surface area contributed by atoms with Crippen LogP contribution < -0.4 is 4.90 Å². The van der Waals surface area contributed by atoms with Crippen molar-refractivity contribution in [3.63, 3.8) is 0 Å². The van der Waals surface area contributed by atoms with E-state index in [4.69, 9.17) is 28.2 Å². The fourth-order valence-corrected chi connectivity index (χ4v) is 3.94. The van der Waals surface area contributed by atoms with E-state index in [9.17, 15) is 0 Å². The highest BCUT2D eigenvalue weighted by atomic mass is 35.5. The molecule has 1 aromatic carbocycles. The number of imidazole rings is 1. The maximum absolute atomic E-state index is 6.50. The zero-order chi connectivity index (χ0) is 18.4. The summed E-state index contributed by atoms with van der Waals surface area (Å²) >= 11 is 12.7. The van der Waals surface area contributed by atoms with E-state index in [1.54, 1.807) is 18.6 Å². The summed E-state index contributed by atoms with van der Waals surface area (Å²) in [6, 6.07) is 5.76. The van der Waals surface area contributed by atoms with E-state index in [1.165, 1.54) is 0 Å². The Labute approximate surface area is 164 Å². The molecule has 1 saturated heterocycles. The minimum Gasteiger partial charge on any atom is -0.346 e. The van der Waals surface area contributed by atoms with Crippen molar-refractivity contribution < 1.29 is 0 Å². The molecule has 4 heterocycles. The molecule has 1 aliphatic heterocycles. The maximum Gasteiger partial charge on any atom is 0.196 e. The zero-order valence-corrected chi connectivity index (χ0v) is 15.6. The Balaban J connectivity index is 1.72. The van der Waals surface area contributed by atoms with Gasteiger partial charge in [0.25, 0.3) is 0 Å². The lowest BCUT2D eigenvalue weighted by Gasteiger charge is -2.24. The summed E-state index contributed by atoms with van der Waals surface area (Å²) in [5.41, 5.74) is 1.59. The van der Waals surface area contributed by atoms with Crippen LogP contribution in [0.25, 0.3) is 16.6 Å². The lowest BCUT2D eigenvalue weighted by molar-refractivity contribution is 0.662. The first-order valence-corrected chi connectivity index (χ1v) is 9.25. The van der Waals surface area contributed by atoms with Gasteiger partial charge < -0.3 is 9.47 Å². The Morgan fingerprint density at radius 2 is 2.15 bits per heavy atom. The first-order chi connectivity index (χ1) is 13.2. The van der Waals surface area contributed by atoms with Crippen LogP contribution in [0.15, 0.2) is 36.9 Å². The van der Waals surface area contributed by atoms with Gasteiger partial charge in [-0.2, -0.15) is 5.21 Å². The number of nitrogens with one attached hydrogen (secondary N) is 1. The molecule has 1 atom stereocenters. The van der Waals surface area contributed by atoms with Crippen molar-refractivity contribution in [3.8, 4) is 5.69 Å². The van der Waals surface area contributed by atoms with Gasteiger partial charge in [-0.15, -0.1) is 10.2 Å². The number of rotatable bonds is 3. The number of nitrogens with zero attached hydrogens (tertiary/aromatic N) is 7. The SMILES string of the molecule is Clc1ccc2c(-n3ccnc3)cc(N3CCC[C@H]3c3nn[nH]n3)nc2c1Cl. The second-order valence-corrected chi connectivity index (χ2v) is 7.13. The fraction of sp³-hybridized carbons (Fsp3) is 0.235. The van der Waals surface area contributed by atoms with Gasteiger partial charge >= 0.3 is 0 Å². The number of H-pyrrole nitrogens is 1. The molecule has 0 radical (unpaired) electrons. The summed E-state index contributed by atoms with van der Waals surface area (Å²) in [6.07, 6.45) is 7.33. The number of tetrazole rings is 1. The molecule has 5 rings (SSSR count). The van der Waals surface area contributed by atoms with Crippen LogP contribution in [-0.2, 0) is 0 Å². The van der Waals surface area contributed by atoms with E-state index in [-0.39, 0.29) is 6.04 Å². The highest BCUT2D eigenvalue weighted by molar-refractivity contribution is 6.45. The van der Waals surface area contributed by atoms with Crippen molar-refractivity contribution in [2.75, 3.05) is 11.4 Å². The number of fused-ring (bicyclic) bond motifs is 1. The van der Waals surface area contributed by atoms with Crippen LogP contribution in [0.2, 0.25) is 10.0 Å². The summed E-state index contributed by atoms with van der Waals surface area (Å²) in [7, 11) is 0. The molecule has 0 saturated carbocycles. The first-order valence-electron chi connectivity index (χ1n) is 8.49. The van der Waals surface area contributed by atoms with Gasteiger partial charge in [0.05, 0.1) is 33.6 Å². The number of aromatic amines is 1. The number of anilines is 1. The molecule has 0 aliphatic carbocycles. The van der Waals surface area contributed by atoms with E-state index < -0.39 is 0 Å². The van der Waals surface area contributed by atoms with Crippen LogP contribution >= 0.6 is 23.2 Å². The van der Waals surface area contributed by atoms with Crippen LogP contribution in [0.5, 0.6) is 0 Å². The molecule has 1 N–H and O–H groups in total. The number of aromatic nitrogens is 7. The van der Waals surface area contributed by atoms with E-state index >= 15 is 0 Å². The van der Waals surface area contributed by atoms with E-state index in [0.717, 1.165) is 36.3 Å². The van der Waals surface area contributed by atoms with Crippen molar-refractivity contribution in [1.29, 1.82) is 0 Å². The minimum absolute atomic E-state index is 0.0160. The summed E-state index contributed by atoms with van der Waals surface area (Å²) < 4.78 is 1.94. The third-order valence-corrected chi connectivity index (χ3v) is 5.62. The number of benzene rings is 1. The second-order valence-electron chi connectivity index (χ2n) is 6.35. The summed E-state index contributed by atoms with van der Waals surface area (Å²) in [4.78, 5) is 11.2. The minimum atomic E-state index is 0.0160. The van der Waals surface area contributed by atoms with Crippen molar-refractivity contribution >= 4 is 39.9 Å². The van der Waals surface area contributed by atoms with Crippen molar-refractivity contribution in [3.05, 3.63) is 52.8 Å². The van der Waals surface area contributed by atoms with Gasteiger partial charge in [-0.05, 0) is 25.0 Å². The third-order valence-electron chi connectivity index (χ3n) is 4.83. The molecule has 0 amide bonds. The Kier molecular flexibility index (Phi) is 3.95. The van der Waals surface area contributed by atoms with Gasteiger partial charge in [0.15, 0.2) is 5.82 Å². The number of pyridine rings is 1. The van der Waals surface area contributed by atoms with Crippen LogP contribution in [-0.4, -0.2) is 41.7 Å². The largest absolute Gasteiger partial charge is 0.346 e. The standard InChI is InChI=1S/C17H14Cl2N8/c18-11-4-3-10-13(26-7-5-20-9-26)8-14(21-16(10)15(11)19)27-6-1-2-12(27)17-22-24-25-23-17/h3-5,7-9,12H,1-2,6H2,(H,22,23,24,25)/t12-/m0/s1. The highest BCUT2D eigenvalue weighted by Crippen LogP contribution is 2.38. The first kappa shape index (κ1) is 16.5. The number of hydrogen-bond acceptors (Lipinski definition) is 6. The highest BCUT2D eigenvalue weighted by Gasteiger charge is 2.31. The Morgan fingerprint density at radius 3 is 2.93 bits per heavy atom. The molecule has 0 spiro atoms. The lowest BCUT2D eigenvalue weighted by atomic mass is 10.1. The smallest absolute Gasteiger partial charge is 0.196 e. The lowest BCUT2D eigenvalue weighted by Crippen LogP contribution is -2.24. The van der Waals surface area contributed by atoms with Crippen molar-refractivity contribution in [1.82, 2.24) is 35.2 Å². The van der Waals surface area contributed by atoms with Crippen LogP contribution in [0.1, 0.15) is 24.7 Å². The molecule has 0 bridgehead atoms. The van der Waals surface area contributed by atoms with Gasteiger partial charge in [0, 0.05) is 30.4 Å². The maximum atomic E-state index is 6.50. The van der Waals surface area contributed by atoms with Crippen LogP contribution in [0.3, 0.4) is 0 Å². The molecule has 136 valence electrons. The molecule has 4 aromatic rings. The average molecular weight is 401 g/mol. The molecule has 1 fully saturated rings. The second kappa shape index (κ2) is 6.47. The Bertz CT molecular complexity index is 1090. The van der Waals surface area contributed by atoms with Crippen molar-refractivity contribution in [2.24, 2.45) is 0 Å². The third kappa shape index (κ3) is 2.72. The van der Waals surface area contributed by atoms with Gasteiger partial charge in [0.2, 0.25) is 0 Å². The topological polar surface area (TPSA) is 88.4 Å². The van der Waals surface area contributed by atoms with Gasteiger partial charge in [-0.3, -0.25) is 0 Å². The van der Waals surface area contributed by atoms with E-state index in [1.807, 2.05) is 22.9 Å².